The van der Waals surface area contributed by atoms with Crippen LogP contribution in [0.3, 0.4) is 0 Å². The van der Waals surface area contributed by atoms with Crippen molar-refractivity contribution < 1.29 is 18.6 Å². The van der Waals surface area contributed by atoms with E-state index in [1.165, 1.54) is 12.1 Å². The lowest BCUT2D eigenvalue weighted by Gasteiger charge is -2.17. The number of aryl methyl sites for hydroxylation is 2. The maximum Gasteiger partial charge on any atom is 0.266 e. The van der Waals surface area contributed by atoms with Crippen LogP contribution < -0.4 is 10.1 Å². The SMILES string of the molecule is CCC(Oc1ccccc1F)C(=O)Nc1nonc1-c1ccc(C)c(C)c1. The van der Waals surface area contributed by atoms with E-state index < -0.39 is 17.8 Å². The number of nitrogens with one attached hydrogen (secondary N) is 1. The molecule has 27 heavy (non-hydrogen) atoms. The molecule has 2 aromatic carbocycles. The zero-order valence-electron chi connectivity index (χ0n) is 15.3. The number of aromatic nitrogens is 2. The summed E-state index contributed by atoms with van der Waals surface area (Å²) < 4.78 is 24.1. The molecule has 6 nitrogen and oxygen atoms in total. The van der Waals surface area contributed by atoms with Gasteiger partial charge in [0.15, 0.2) is 23.4 Å². The monoisotopic (exact) mass is 369 g/mol. The van der Waals surface area contributed by atoms with Gasteiger partial charge in [-0.15, -0.1) is 0 Å². The number of anilines is 1. The van der Waals surface area contributed by atoms with Gasteiger partial charge in [-0.2, -0.15) is 0 Å². The quantitative estimate of drug-likeness (QED) is 0.701. The molecule has 7 heteroatoms. The topological polar surface area (TPSA) is 77.2 Å². The summed E-state index contributed by atoms with van der Waals surface area (Å²) in [5.74, 6) is -0.768. The average molecular weight is 369 g/mol. The van der Waals surface area contributed by atoms with Gasteiger partial charge in [-0.05, 0) is 59.9 Å². The minimum absolute atomic E-state index is 0.0205. The first kappa shape index (κ1) is 18.6. The summed E-state index contributed by atoms with van der Waals surface area (Å²) in [5.41, 5.74) is 3.43. The van der Waals surface area contributed by atoms with E-state index in [1.807, 2.05) is 32.0 Å². The van der Waals surface area contributed by atoms with Gasteiger partial charge in [-0.3, -0.25) is 4.79 Å². The van der Waals surface area contributed by atoms with E-state index in [0.717, 1.165) is 16.7 Å². The minimum atomic E-state index is -0.883. The van der Waals surface area contributed by atoms with Crippen LogP contribution in [0, 0.1) is 19.7 Å². The molecule has 1 unspecified atom stereocenters. The largest absolute Gasteiger partial charge is 0.478 e. The smallest absolute Gasteiger partial charge is 0.266 e. The first-order valence-corrected chi connectivity index (χ1v) is 8.61. The molecule has 0 aliphatic heterocycles. The van der Waals surface area contributed by atoms with E-state index >= 15 is 0 Å². The van der Waals surface area contributed by atoms with Crippen LogP contribution >= 0.6 is 0 Å². The Morgan fingerprint density at radius 2 is 1.96 bits per heavy atom. The number of para-hydroxylation sites is 1. The van der Waals surface area contributed by atoms with E-state index in [1.54, 1.807) is 19.1 Å². The second-order valence-electron chi connectivity index (χ2n) is 6.19. The van der Waals surface area contributed by atoms with Gasteiger partial charge in [0.05, 0.1) is 0 Å². The van der Waals surface area contributed by atoms with Crippen LogP contribution in [0.1, 0.15) is 24.5 Å². The Morgan fingerprint density at radius 1 is 1.19 bits per heavy atom. The van der Waals surface area contributed by atoms with Gasteiger partial charge in [-0.25, -0.2) is 9.02 Å². The summed E-state index contributed by atoms with van der Waals surface area (Å²) >= 11 is 0. The number of benzene rings is 2. The first-order valence-electron chi connectivity index (χ1n) is 8.61. The molecule has 0 spiro atoms. The molecular formula is C20H20FN3O3. The highest BCUT2D eigenvalue weighted by Gasteiger charge is 2.23. The summed E-state index contributed by atoms with van der Waals surface area (Å²) in [4.78, 5) is 12.6. The molecule has 0 bridgehead atoms. The van der Waals surface area contributed by atoms with E-state index in [9.17, 15) is 9.18 Å². The number of hydrogen-bond acceptors (Lipinski definition) is 5. The van der Waals surface area contributed by atoms with Gasteiger partial charge in [0.1, 0.15) is 0 Å². The molecule has 1 amide bonds. The fourth-order valence-corrected chi connectivity index (χ4v) is 2.56. The van der Waals surface area contributed by atoms with Crippen molar-refractivity contribution in [3.8, 4) is 17.0 Å². The second kappa shape index (κ2) is 7.99. The lowest BCUT2D eigenvalue weighted by atomic mass is 10.0. The molecule has 3 aromatic rings. The highest BCUT2D eigenvalue weighted by molar-refractivity contribution is 5.96. The first-order chi connectivity index (χ1) is 13.0. The lowest BCUT2D eigenvalue weighted by molar-refractivity contribution is -0.122. The Morgan fingerprint density at radius 3 is 2.67 bits per heavy atom. The van der Waals surface area contributed by atoms with Crippen molar-refractivity contribution in [3.63, 3.8) is 0 Å². The number of hydrogen-bond donors (Lipinski definition) is 1. The second-order valence-corrected chi connectivity index (χ2v) is 6.19. The van der Waals surface area contributed by atoms with Crippen molar-refractivity contribution in [2.45, 2.75) is 33.3 Å². The van der Waals surface area contributed by atoms with Crippen molar-refractivity contribution in [2.24, 2.45) is 0 Å². The molecule has 0 radical (unpaired) electrons. The predicted molar refractivity (Wildman–Crippen MR) is 98.9 cm³/mol. The predicted octanol–water partition coefficient (Wildman–Crippen LogP) is 4.29. The lowest BCUT2D eigenvalue weighted by Crippen LogP contribution is -2.32. The van der Waals surface area contributed by atoms with Crippen LogP contribution in [0.5, 0.6) is 5.75 Å². The molecular weight excluding hydrogens is 349 g/mol. The fraction of sp³-hybridized carbons (Fsp3) is 0.250. The standard InChI is InChI=1S/C20H20FN3O3/c1-4-16(26-17-8-6-5-7-15(17)21)20(25)22-19-18(23-27-24-19)14-10-9-12(2)13(3)11-14/h5-11,16H,4H2,1-3H3,(H,22,24,25). The zero-order valence-corrected chi connectivity index (χ0v) is 15.3. The molecule has 1 aromatic heterocycles. The van der Waals surface area contributed by atoms with Gasteiger partial charge in [-0.1, -0.05) is 31.2 Å². The molecule has 0 saturated carbocycles. The average Bonchev–Trinajstić information content (AvgIpc) is 3.11. The summed E-state index contributed by atoms with van der Waals surface area (Å²) in [6, 6.07) is 11.7. The van der Waals surface area contributed by atoms with Gasteiger partial charge < -0.3 is 10.1 Å². The molecule has 1 heterocycles. The van der Waals surface area contributed by atoms with Crippen molar-refractivity contribution >= 4 is 11.7 Å². The summed E-state index contributed by atoms with van der Waals surface area (Å²) in [5, 5.41) is 10.3. The molecule has 1 N–H and O–H groups in total. The fourth-order valence-electron chi connectivity index (χ4n) is 2.56. The number of ether oxygens (including phenoxy) is 1. The Kier molecular flexibility index (Phi) is 5.49. The zero-order chi connectivity index (χ0) is 19.4. The van der Waals surface area contributed by atoms with Gasteiger partial charge >= 0.3 is 0 Å². The molecule has 3 rings (SSSR count). The van der Waals surface area contributed by atoms with Gasteiger partial charge in [0.2, 0.25) is 5.82 Å². The number of halogens is 1. The normalized spacial score (nSPS) is 11.9. The summed E-state index contributed by atoms with van der Waals surface area (Å²) in [6.45, 7) is 5.77. The van der Waals surface area contributed by atoms with Gasteiger partial charge in [0.25, 0.3) is 5.91 Å². The van der Waals surface area contributed by atoms with E-state index in [4.69, 9.17) is 9.37 Å². The van der Waals surface area contributed by atoms with Crippen molar-refractivity contribution in [1.29, 1.82) is 0 Å². The molecule has 1 atom stereocenters. The summed E-state index contributed by atoms with van der Waals surface area (Å²) in [7, 11) is 0. The Bertz CT molecular complexity index is 955. The molecule has 0 fully saturated rings. The van der Waals surface area contributed by atoms with Crippen LogP contribution in [0.2, 0.25) is 0 Å². The van der Waals surface area contributed by atoms with E-state index in [2.05, 4.69) is 15.6 Å². The number of amides is 1. The van der Waals surface area contributed by atoms with E-state index in [0.29, 0.717) is 12.1 Å². The van der Waals surface area contributed by atoms with Crippen LogP contribution in [0.15, 0.2) is 47.1 Å². The van der Waals surface area contributed by atoms with Crippen molar-refractivity contribution in [1.82, 2.24) is 10.3 Å². The maximum absolute atomic E-state index is 13.8. The minimum Gasteiger partial charge on any atom is -0.478 e. The Balaban J connectivity index is 1.78. The molecule has 0 saturated heterocycles. The number of carbonyl (C=O) groups is 1. The van der Waals surface area contributed by atoms with Crippen LogP contribution in [-0.2, 0) is 4.79 Å². The number of nitrogens with zero attached hydrogens (tertiary/aromatic N) is 2. The van der Waals surface area contributed by atoms with Crippen LogP contribution in [-0.4, -0.2) is 22.3 Å². The number of rotatable bonds is 6. The van der Waals surface area contributed by atoms with Crippen LogP contribution in [0.4, 0.5) is 10.2 Å². The Hall–Kier alpha value is -3.22. The third-order valence-electron chi connectivity index (χ3n) is 4.28. The highest BCUT2D eigenvalue weighted by Crippen LogP contribution is 2.27. The number of carbonyl (C=O) groups excluding carboxylic acids is 1. The highest BCUT2D eigenvalue weighted by atomic mass is 19.1. The summed E-state index contributed by atoms with van der Waals surface area (Å²) in [6.07, 6.45) is -0.532. The molecule has 0 aliphatic rings. The van der Waals surface area contributed by atoms with E-state index in [-0.39, 0.29) is 11.6 Å². The van der Waals surface area contributed by atoms with Crippen molar-refractivity contribution in [2.75, 3.05) is 5.32 Å². The van der Waals surface area contributed by atoms with Crippen molar-refractivity contribution in [3.05, 3.63) is 59.4 Å². The molecule has 140 valence electrons. The van der Waals surface area contributed by atoms with Crippen LogP contribution in [0.25, 0.3) is 11.3 Å². The maximum atomic E-state index is 13.8. The van der Waals surface area contributed by atoms with Gasteiger partial charge in [0, 0.05) is 5.56 Å². The third kappa shape index (κ3) is 4.13. The molecule has 0 aliphatic carbocycles. The Labute approximate surface area is 156 Å². The third-order valence-corrected chi connectivity index (χ3v) is 4.28.